The Hall–Kier alpha value is -4.41. The van der Waals surface area contributed by atoms with Crippen LogP contribution in [0.5, 0.6) is 0 Å². The third-order valence-corrected chi connectivity index (χ3v) is 9.83. The van der Waals surface area contributed by atoms with Crippen LogP contribution in [0.2, 0.25) is 0 Å². The van der Waals surface area contributed by atoms with Crippen LogP contribution in [0.4, 0.5) is 17.1 Å². The number of benzene rings is 3. The SMILES string of the molecule is O=S(=O)(O)c1ccc(N=NN2CN(N=Nc3ccc(S(=O)(=O)O)cc3)C3CCCCCC2N3N=Nc2ccc(S(=O)(=O)O)cc2)cc1. The van der Waals surface area contributed by atoms with Gasteiger partial charge >= 0.3 is 0 Å². The monoisotopic (exact) mass is 707 g/mol. The van der Waals surface area contributed by atoms with Crippen LogP contribution in [0, 0.1) is 0 Å². The van der Waals surface area contributed by atoms with E-state index < -0.39 is 42.7 Å². The summed E-state index contributed by atoms with van der Waals surface area (Å²) in [5.74, 6) is 0. The number of hydrogen-bond acceptors (Lipinski definition) is 12. The van der Waals surface area contributed by atoms with Gasteiger partial charge in [-0.05, 0) is 98.5 Å². The van der Waals surface area contributed by atoms with Crippen LogP contribution in [-0.2, 0) is 30.4 Å². The molecule has 3 aromatic carbocycles. The average molecular weight is 708 g/mol. The van der Waals surface area contributed by atoms with E-state index in [9.17, 15) is 38.9 Å². The Bertz CT molecular complexity index is 1890. The summed E-state index contributed by atoms with van der Waals surface area (Å²) in [4.78, 5) is -0.901. The topological polar surface area (TPSA) is 247 Å². The molecule has 2 saturated heterocycles. The molecule has 0 aliphatic carbocycles. The van der Waals surface area contributed by atoms with E-state index in [2.05, 4.69) is 31.0 Å². The van der Waals surface area contributed by atoms with E-state index in [0.29, 0.717) is 29.9 Å². The van der Waals surface area contributed by atoms with Crippen molar-refractivity contribution in [3.05, 3.63) is 72.8 Å². The molecule has 0 radical (unpaired) electrons. The smallest absolute Gasteiger partial charge is 0.282 e. The Morgan fingerprint density at radius 2 is 0.809 bits per heavy atom. The molecule has 0 spiro atoms. The molecule has 2 bridgehead atoms. The number of fused-ring (bicyclic) bond motifs is 2. The molecular formula is C26H29N9O9S3. The van der Waals surface area contributed by atoms with E-state index in [1.165, 1.54) is 72.8 Å². The van der Waals surface area contributed by atoms with E-state index in [1.807, 2.05) is 0 Å². The lowest BCUT2D eigenvalue weighted by atomic mass is 10.0. The van der Waals surface area contributed by atoms with Crippen molar-refractivity contribution in [2.75, 3.05) is 6.67 Å². The van der Waals surface area contributed by atoms with Gasteiger partial charge in [0.15, 0.2) is 0 Å². The summed E-state index contributed by atoms with van der Waals surface area (Å²) >= 11 is 0. The zero-order valence-corrected chi connectivity index (χ0v) is 26.8. The van der Waals surface area contributed by atoms with E-state index >= 15 is 0 Å². The van der Waals surface area contributed by atoms with Crippen molar-refractivity contribution in [3.63, 3.8) is 0 Å². The molecule has 0 amide bonds. The minimum atomic E-state index is -4.39. The summed E-state index contributed by atoms with van der Waals surface area (Å²) in [6.45, 7) is 0.0869. The summed E-state index contributed by atoms with van der Waals surface area (Å²) in [6.07, 6.45) is 2.80. The lowest BCUT2D eigenvalue weighted by Gasteiger charge is -2.49. The van der Waals surface area contributed by atoms with Gasteiger partial charge in [0.05, 0.1) is 31.7 Å². The van der Waals surface area contributed by atoms with Gasteiger partial charge in [-0.3, -0.25) is 13.7 Å². The molecule has 2 aliphatic heterocycles. The van der Waals surface area contributed by atoms with Crippen molar-refractivity contribution in [2.24, 2.45) is 31.0 Å². The maximum absolute atomic E-state index is 11.4. The molecule has 0 saturated carbocycles. The lowest BCUT2D eigenvalue weighted by molar-refractivity contribution is -0.150. The van der Waals surface area contributed by atoms with Gasteiger partial charge in [-0.25, -0.2) is 15.0 Å². The molecule has 0 aromatic heterocycles. The Morgan fingerprint density at radius 3 is 1.13 bits per heavy atom. The Balaban J connectivity index is 1.48. The highest BCUT2D eigenvalue weighted by atomic mass is 32.2. The van der Waals surface area contributed by atoms with Crippen molar-refractivity contribution < 1.29 is 38.9 Å². The molecule has 2 fully saturated rings. The summed E-state index contributed by atoms with van der Waals surface area (Å²) < 4.78 is 96.4. The minimum Gasteiger partial charge on any atom is -0.282 e. The first-order valence-corrected chi connectivity index (χ1v) is 18.3. The molecule has 2 atom stereocenters. The van der Waals surface area contributed by atoms with Crippen LogP contribution in [0.3, 0.4) is 0 Å². The fraction of sp³-hybridized carbons (Fsp3) is 0.308. The predicted octanol–water partition coefficient (Wildman–Crippen LogP) is 5.32. The maximum Gasteiger partial charge on any atom is 0.294 e. The van der Waals surface area contributed by atoms with Crippen molar-refractivity contribution in [1.82, 2.24) is 15.0 Å². The average Bonchev–Trinajstić information content (AvgIpc) is 3.01. The molecular weight excluding hydrogens is 679 g/mol. The first kappa shape index (κ1) is 33.9. The van der Waals surface area contributed by atoms with Crippen LogP contribution in [0.25, 0.3) is 0 Å². The van der Waals surface area contributed by atoms with Crippen LogP contribution >= 0.6 is 0 Å². The van der Waals surface area contributed by atoms with Gasteiger partial charge < -0.3 is 0 Å². The van der Waals surface area contributed by atoms with Crippen LogP contribution in [0.1, 0.15) is 32.1 Å². The molecule has 5 rings (SSSR count). The second-order valence-corrected chi connectivity index (χ2v) is 14.7. The molecule has 47 heavy (non-hydrogen) atoms. The van der Waals surface area contributed by atoms with Crippen molar-refractivity contribution in [3.8, 4) is 0 Å². The minimum absolute atomic E-state index is 0.0869. The molecule has 250 valence electrons. The molecule has 18 nitrogen and oxygen atoms in total. The first-order valence-electron chi connectivity index (χ1n) is 14.0. The lowest BCUT2D eigenvalue weighted by Crippen LogP contribution is -2.61. The van der Waals surface area contributed by atoms with Crippen LogP contribution in [-0.4, -0.2) is 72.9 Å². The predicted molar refractivity (Wildman–Crippen MR) is 163 cm³/mol. The Labute approximate surface area is 270 Å². The maximum atomic E-state index is 11.4. The zero-order valence-electron chi connectivity index (χ0n) is 24.4. The molecule has 2 heterocycles. The largest absolute Gasteiger partial charge is 0.294 e. The van der Waals surface area contributed by atoms with Crippen LogP contribution in [0.15, 0.2) is 118 Å². The van der Waals surface area contributed by atoms with Crippen LogP contribution < -0.4 is 0 Å². The van der Waals surface area contributed by atoms with Gasteiger partial charge in [0, 0.05) is 0 Å². The number of rotatable bonds is 9. The Morgan fingerprint density at radius 1 is 0.489 bits per heavy atom. The molecule has 2 unspecified atom stereocenters. The second-order valence-electron chi connectivity index (χ2n) is 10.5. The van der Waals surface area contributed by atoms with Gasteiger partial charge in [-0.2, -0.15) is 25.3 Å². The Kier molecular flexibility index (Phi) is 9.93. The zero-order chi connectivity index (χ0) is 33.8. The summed E-state index contributed by atoms with van der Waals surface area (Å²) in [5, 5.41) is 30.9. The molecule has 3 aromatic rings. The van der Waals surface area contributed by atoms with E-state index in [4.69, 9.17) is 0 Å². The fourth-order valence-corrected chi connectivity index (χ4v) is 6.31. The number of hydrogen-bond donors (Lipinski definition) is 3. The van der Waals surface area contributed by atoms with Gasteiger partial charge in [0.2, 0.25) is 0 Å². The molecule has 21 heteroatoms. The molecule has 2 aliphatic rings. The number of nitrogens with zero attached hydrogens (tertiary/aromatic N) is 9. The summed E-state index contributed by atoms with van der Waals surface area (Å²) in [7, 11) is -13.2. The summed E-state index contributed by atoms with van der Waals surface area (Å²) in [5.41, 5.74) is 0.894. The third-order valence-electron chi connectivity index (χ3n) is 7.23. The first-order chi connectivity index (χ1) is 22.2. The van der Waals surface area contributed by atoms with Gasteiger partial charge in [-0.1, -0.05) is 22.1 Å². The van der Waals surface area contributed by atoms with E-state index in [-0.39, 0.29) is 21.4 Å². The third kappa shape index (κ3) is 8.69. The highest BCUT2D eigenvalue weighted by molar-refractivity contribution is 7.86. The van der Waals surface area contributed by atoms with Gasteiger partial charge in [-0.15, -0.1) is 15.3 Å². The van der Waals surface area contributed by atoms with Gasteiger partial charge in [0.1, 0.15) is 19.0 Å². The van der Waals surface area contributed by atoms with E-state index in [0.717, 1.165) is 19.3 Å². The van der Waals surface area contributed by atoms with E-state index in [1.54, 1.807) is 15.0 Å². The van der Waals surface area contributed by atoms with Gasteiger partial charge in [0.25, 0.3) is 30.4 Å². The highest BCUT2D eigenvalue weighted by Crippen LogP contribution is 2.33. The standard InChI is InChI=1S/C26H29N9O9S3/c36-45(37,38)22-12-6-19(7-13-22)27-30-33-18-34(31-28-20-8-14-23(15-9-20)46(39,40)41)26-5-3-1-2-4-25(33)35(26)32-29-21-10-16-24(17-11-21)47(42,43)44/h6-17,25-26H,1-5,18H2,(H,36,37,38)(H,39,40,41)(H,42,43,44). The normalized spacial score (nSPS) is 19.9. The second kappa shape index (κ2) is 13.8. The van der Waals surface area contributed by atoms with Crippen molar-refractivity contribution in [1.29, 1.82) is 0 Å². The fourth-order valence-electron chi connectivity index (χ4n) is 4.87. The summed E-state index contributed by atoms with van der Waals surface area (Å²) in [6, 6.07) is 15.4. The molecule has 3 N–H and O–H groups in total. The van der Waals surface area contributed by atoms with Crippen molar-refractivity contribution >= 4 is 47.4 Å². The van der Waals surface area contributed by atoms with Crippen molar-refractivity contribution in [2.45, 2.75) is 59.1 Å². The highest BCUT2D eigenvalue weighted by Gasteiger charge is 2.41. The quantitative estimate of drug-likeness (QED) is 0.189.